The number of carboxylic acid groups (broad SMARTS) is 1. The lowest BCUT2D eigenvalue weighted by atomic mass is 10.0. The zero-order valence-corrected chi connectivity index (χ0v) is 10.3. The standard InChI is InChI=1S/C12H21NO4/c1-4-5-6-9(12(16)17)13-11(15)10(14)7-8(2)3/h4,8-10,14H,1,5-7H2,2-3H3,(H,13,15)(H,16,17)/t9-,10+/m1/s1. The molecule has 0 rings (SSSR count). The lowest BCUT2D eigenvalue weighted by molar-refractivity contribution is -0.143. The fourth-order valence-electron chi connectivity index (χ4n) is 1.36. The number of aliphatic carboxylic acids is 1. The number of rotatable bonds is 8. The first kappa shape index (κ1) is 15.6. The van der Waals surface area contributed by atoms with Crippen LogP contribution in [0.5, 0.6) is 0 Å². The van der Waals surface area contributed by atoms with E-state index in [0.717, 1.165) is 0 Å². The molecule has 0 heterocycles. The third kappa shape index (κ3) is 6.73. The summed E-state index contributed by atoms with van der Waals surface area (Å²) < 4.78 is 0. The Morgan fingerprint density at radius 2 is 2.00 bits per heavy atom. The van der Waals surface area contributed by atoms with E-state index < -0.39 is 24.0 Å². The third-order valence-electron chi connectivity index (χ3n) is 2.27. The average molecular weight is 243 g/mol. The van der Waals surface area contributed by atoms with Gasteiger partial charge in [-0.05, 0) is 25.2 Å². The zero-order valence-electron chi connectivity index (χ0n) is 10.3. The maximum absolute atomic E-state index is 11.5. The van der Waals surface area contributed by atoms with Crippen molar-refractivity contribution >= 4 is 11.9 Å². The van der Waals surface area contributed by atoms with Crippen molar-refractivity contribution in [3.05, 3.63) is 12.7 Å². The van der Waals surface area contributed by atoms with Crippen LogP contribution in [0.15, 0.2) is 12.7 Å². The van der Waals surface area contributed by atoms with E-state index in [1.807, 2.05) is 13.8 Å². The summed E-state index contributed by atoms with van der Waals surface area (Å²) in [7, 11) is 0. The molecule has 0 unspecified atom stereocenters. The van der Waals surface area contributed by atoms with Crippen LogP contribution in [0.25, 0.3) is 0 Å². The molecule has 0 aliphatic heterocycles. The van der Waals surface area contributed by atoms with E-state index in [0.29, 0.717) is 12.8 Å². The third-order valence-corrected chi connectivity index (χ3v) is 2.27. The highest BCUT2D eigenvalue weighted by Crippen LogP contribution is 2.06. The molecule has 0 saturated carbocycles. The molecule has 17 heavy (non-hydrogen) atoms. The van der Waals surface area contributed by atoms with E-state index in [1.165, 1.54) is 0 Å². The highest BCUT2D eigenvalue weighted by atomic mass is 16.4. The second-order valence-electron chi connectivity index (χ2n) is 4.41. The summed E-state index contributed by atoms with van der Waals surface area (Å²) in [6.45, 7) is 7.25. The van der Waals surface area contributed by atoms with Crippen LogP contribution in [-0.4, -0.2) is 34.2 Å². The van der Waals surface area contributed by atoms with Crippen LogP contribution >= 0.6 is 0 Å². The van der Waals surface area contributed by atoms with Crippen molar-refractivity contribution in [3.8, 4) is 0 Å². The second-order valence-corrected chi connectivity index (χ2v) is 4.41. The summed E-state index contributed by atoms with van der Waals surface area (Å²) in [5.41, 5.74) is 0. The van der Waals surface area contributed by atoms with Gasteiger partial charge in [0.25, 0.3) is 0 Å². The van der Waals surface area contributed by atoms with Gasteiger partial charge < -0.3 is 15.5 Å². The van der Waals surface area contributed by atoms with Crippen molar-refractivity contribution in [1.82, 2.24) is 5.32 Å². The highest BCUT2D eigenvalue weighted by Gasteiger charge is 2.23. The van der Waals surface area contributed by atoms with Crippen LogP contribution in [0.3, 0.4) is 0 Å². The maximum Gasteiger partial charge on any atom is 0.326 e. The zero-order chi connectivity index (χ0) is 13.4. The minimum Gasteiger partial charge on any atom is -0.480 e. The lowest BCUT2D eigenvalue weighted by Crippen LogP contribution is -2.45. The van der Waals surface area contributed by atoms with E-state index in [9.17, 15) is 14.7 Å². The first-order valence-electron chi connectivity index (χ1n) is 5.70. The minimum absolute atomic E-state index is 0.173. The van der Waals surface area contributed by atoms with Gasteiger partial charge in [0.15, 0.2) is 0 Å². The topological polar surface area (TPSA) is 86.6 Å². The predicted octanol–water partition coefficient (Wildman–Crippen LogP) is 0.929. The van der Waals surface area contributed by atoms with Gasteiger partial charge in [0.05, 0.1) is 0 Å². The smallest absolute Gasteiger partial charge is 0.326 e. The van der Waals surface area contributed by atoms with Gasteiger partial charge in [-0.15, -0.1) is 6.58 Å². The van der Waals surface area contributed by atoms with Crippen LogP contribution in [0.2, 0.25) is 0 Å². The number of allylic oxidation sites excluding steroid dienone is 1. The normalized spacial score (nSPS) is 14.1. The molecule has 5 nitrogen and oxygen atoms in total. The lowest BCUT2D eigenvalue weighted by Gasteiger charge is -2.17. The summed E-state index contributed by atoms with van der Waals surface area (Å²) in [5.74, 6) is -1.56. The molecule has 0 aromatic rings. The van der Waals surface area contributed by atoms with Crippen LogP contribution in [0, 0.1) is 5.92 Å². The van der Waals surface area contributed by atoms with Gasteiger partial charge >= 0.3 is 5.97 Å². The van der Waals surface area contributed by atoms with Gasteiger partial charge in [0, 0.05) is 0 Å². The Hall–Kier alpha value is -1.36. The van der Waals surface area contributed by atoms with Crippen molar-refractivity contribution in [2.24, 2.45) is 5.92 Å². The Morgan fingerprint density at radius 3 is 2.41 bits per heavy atom. The molecule has 0 fully saturated rings. The maximum atomic E-state index is 11.5. The molecular formula is C12H21NO4. The first-order chi connectivity index (χ1) is 7.88. The van der Waals surface area contributed by atoms with Crippen LogP contribution in [0.4, 0.5) is 0 Å². The molecule has 5 heteroatoms. The molecule has 0 aliphatic rings. The van der Waals surface area contributed by atoms with Crippen LogP contribution in [-0.2, 0) is 9.59 Å². The Balaban J connectivity index is 4.29. The molecule has 0 spiro atoms. The number of carbonyl (C=O) groups is 2. The SMILES string of the molecule is C=CCC[C@@H](NC(=O)[C@@H](O)CC(C)C)C(=O)O. The second kappa shape index (κ2) is 7.84. The van der Waals surface area contributed by atoms with Gasteiger partial charge in [0.2, 0.25) is 5.91 Å². The highest BCUT2D eigenvalue weighted by molar-refractivity contribution is 5.86. The van der Waals surface area contributed by atoms with Crippen LogP contribution in [0.1, 0.15) is 33.1 Å². The number of hydrogen-bond acceptors (Lipinski definition) is 3. The van der Waals surface area contributed by atoms with E-state index in [2.05, 4.69) is 11.9 Å². The van der Waals surface area contributed by atoms with Gasteiger partial charge in [-0.3, -0.25) is 4.79 Å². The number of nitrogens with one attached hydrogen (secondary N) is 1. The largest absolute Gasteiger partial charge is 0.480 e. The Labute approximate surface area is 102 Å². The molecule has 3 N–H and O–H groups in total. The summed E-state index contributed by atoms with van der Waals surface area (Å²) in [6, 6.07) is -0.970. The number of carbonyl (C=O) groups excluding carboxylic acids is 1. The van der Waals surface area contributed by atoms with E-state index in [4.69, 9.17) is 5.11 Å². The summed E-state index contributed by atoms with van der Waals surface area (Å²) in [4.78, 5) is 22.4. The Morgan fingerprint density at radius 1 is 1.41 bits per heavy atom. The monoisotopic (exact) mass is 243 g/mol. The number of aliphatic hydroxyl groups excluding tert-OH is 1. The van der Waals surface area contributed by atoms with E-state index in [-0.39, 0.29) is 12.3 Å². The molecule has 0 aromatic heterocycles. The fraction of sp³-hybridized carbons (Fsp3) is 0.667. The Kier molecular flexibility index (Phi) is 7.21. The molecule has 0 radical (unpaired) electrons. The molecule has 2 atom stereocenters. The number of carboxylic acids is 1. The molecular weight excluding hydrogens is 222 g/mol. The van der Waals surface area contributed by atoms with Gasteiger partial charge in [-0.2, -0.15) is 0 Å². The molecule has 98 valence electrons. The fourth-order valence-corrected chi connectivity index (χ4v) is 1.36. The van der Waals surface area contributed by atoms with E-state index in [1.54, 1.807) is 6.08 Å². The molecule has 0 aromatic carbocycles. The Bertz CT molecular complexity index is 276. The number of aliphatic hydroxyl groups is 1. The average Bonchev–Trinajstić information content (AvgIpc) is 2.22. The van der Waals surface area contributed by atoms with Gasteiger partial charge in [-0.25, -0.2) is 4.79 Å². The molecule has 0 bridgehead atoms. The first-order valence-corrected chi connectivity index (χ1v) is 5.70. The van der Waals surface area contributed by atoms with Crippen molar-refractivity contribution < 1.29 is 19.8 Å². The molecule has 1 amide bonds. The summed E-state index contributed by atoms with van der Waals surface area (Å²) in [5, 5.41) is 20.7. The summed E-state index contributed by atoms with van der Waals surface area (Å²) >= 11 is 0. The summed E-state index contributed by atoms with van der Waals surface area (Å²) in [6.07, 6.45) is 1.53. The van der Waals surface area contributed by atoms with E-state index >= 15 is 0 Å². The van der Waals surface area contributed by atoms with Crippen molar-refractivity contribution in [3.63, 3.8) is 0 Å². The van der Waals surface area contributed by atoms with Gasteiger partial charge in [0.1, 0.15) is 12.1 Å². The number of hydrogen-bond donors (Lipinski definition) is 3. The molecule has 0 aliphatic carbocycles. The van der Waals surface area contributed by atoms with Crippen molar-refractivity contribution in [2.75, 3.05) is 0 Å². The predicted molar refractivity (Wildman–Crippen MR) is 64.5 cm³/mol. The number of amides is 1. The molecule has 0 saturated heterocycles. The minimum atomic E-state index is -1.15. The van der Waals surface area contributed by atoms with Crippen LogP contribution < -0.4 is 5.32 Å². The van der Waals surface area contributed by atoms with Gasteiger partial charge in [-0.1, -0.05) is 19.9 Å². The van der Waals surface area contributed by atoms with Crippen molar-refractivity contribution in [2.45, 2.75) is 45.3 Å². The van der Waals surface area contributed by atoms with Crippen molar-refractivity contribution in [1.29, 1.82) is 0 Å². The quantitative estimate of drug-likeness (QED) is 0.553.